The Morgan fingerprint density at radius 1 is 1.35 bits per heavy atom. The molecule has 1 aliphatic carbocycles. The molecular formula is C16H23ClN2O5S2. The van der Waals surface area contributed by atoms with E-state index in [1.807, 2.05) is 0 Å². The molecule has 1 aromatic heterocycles. The molecule has 1 aliphatic rings. The SMILES string of the molecule is C[C@H]1CCCC[C@H]1NC(=O)COC(=O)CN(C)S(=O)(=O)c1ccc(Cl)s1. The zero-order valence-corrected chi connectivity index (χ0v) is 17.1. The molecule has 0 bridgehead atoms. The Labute approximate surface area is 162 Å². The van der Waals surface area contributed by atoms with Gasteiger partial charge in [0.15, 0.2) is 6.61 Å². The van der Waals surface area contributed by atoms with Gasteiger partial charge in [-0.3, -0.25) is 9.59 Å². The van der Waals surface area contributed by atoms with Gasteiger partial charge in [-0.1, -0.05) is 31.4 Å². The monoisotopic (exact) mass is 422 g/mol. The lowest BCUT2D eigenvalue weighted by atomic mass is 9.86. The summed E-state index contributed by atoms with van der Waals surface area (Å²) in [4.78, 5) is 23.8. The number of halogens is 1. The van der Waals surface area contributed by atoms with E-state index in [0.29, 0.717) is 10.3 Å². The van der Waals surface area contributed by atoms with Crippen LogP contribution < -0.4 is 5.32 Å². The second-order valence-electron chi connectivity index (χ2n) is 6.42. The van der Waals surface area contributed by atoms with E-state index in [0.717, 1.165) is 34.9 Å². The van der Waals surface area contributed by atoms with Gasteiger partial charge in [0.25, 0.3) is 15.9 Å². The summed E-state index contributed by atoms with van der Waals surface area (Å²) < 4.78 is 30.8. The number of hydrogen-bond acceptors (Lipinski definition) is 6. The van der Waals surface area contributed by atoms with Gasteiger partial charge in [0.1, 0.15) is 10.8 Å². The van der Waals surface area contributed by atoms with Crippen LogP contribution in [0.4, 0.5) is 0 Å². The molecule has 10 heteroatoms. The van der Waals surface area contributed by atoms with Crippen molar-refractivity contribution in [2.75, 3.05) is 20.2 Å². The van der Waals surface area contributed by atoms with Gasteiger partial charge in [0.05, 0.1) is 4.34 Å². The van der Waals surface area contributed by atoms with E-state index in [9.17, 15) is 18.0 Å². The molecule has 0 aromatic carbocycles. The van der Waals surface area contributed by atoms with E-state index in [-0.39, 0.29) is 16.2 Å². The van der Waals surface area contributed by atoms with Crippen LogP contribution in [0.5, 0.6) is 0 Å². The van der Waals surface area contributed by atoms with Gasteiger partial charge in [0.2, 0.25) is 0 Å². The van der Waals surface area contributed by atoms with Crippen LogP contribution in [0.2, 0.25) is 4.34 Å². The Kier molecular flexibility index (Phi) is 7.45. The van der Waals surface area contributed by atoms with Crippen LogP contribution >= 0.6 is 22.9 Å². The number of carbonyl (C=O) groups excluding carboxylic acids is 2. The molecule has 1 amide bonds. The first kappa shape index (κ1) is 21.1. The van der Waals surface area contributed by atoms with Crippen LogP contribution in [0.15, 0.2) is 16.3 Å². The third-order valence-corrected chi connectivity index (χ3v) is 7.89. The minimum absolute atomic E-state index is 0.0434. The number of nitrogens with zero attached hydrogens (tertiary/aromatic N) is 1. The highest BCUT2D eigenvalue weighted by Gasteiger charge is 2.26. The summed E-state index contributed by atoms with van der Waals surface area (Å²) in [5.74, 6) is -0.754. The fourth-order valence-electron chi connectivity index (χ4n) is 2.83. The van der Waals surface area contributed by atoms with Gasteiger partial charge >= 0.3 is 5.97 Å². The average Bonchev–Trinajstić information content (AvgIpc) is 3.02. The molecule has 1 N–H and O–H groups in total. The summed E-state index contributed by atoms with van der Waals surface area (Å²) in [6.07, 6.45) is 4.23. The lowest BCUT2D eigenvalue weighted by Gasteiger charge is -2.29. The standard InChI is InChI=1S/C16H23ClN2O5S2/c1-11-5-3-4-6-12(11)18-14(20)10-24-15(21)9-19(2)26(22,23)16-8-7-13(17)25-16/h7-8,11-12H,3-6,9-10H2,1-2H3,(H,18,20)/t11-,12+/m0/s1. The maximum absolute atomic E-state index is 12.3. The smallest absolute Gasteiger partial charge is 0.321 e. The lowest BCUT2D eigenvalue weighted by Crippen LogP contribution is -2.43. The average molecular weight is 423 g/mol. The van der Waals surface area contributed by atoms with Gasteiger partial charge < -0.3 is 10.1 Å². The van der Waals surface area contributed by atoms with Gasteiger partial charge in [0, 0.05) is 13.1 Å². The highest BCUT2D eigenvalue weighted by Crippen LogP contribution is 2.27. The predicted octanol–water partition coefficient (Wildman–Crippen LogP) is 2.26. The van der Waals surface area contributed by atoms with E-state index in [4.69, 9.17) is 16.3 Å². The van der Waals surface area contributed by atoms with Gasteiger partial charge in [-0.2, -0.15) is 4.31 Å². The van der Waals surface area contributed by atoms with Crippen LogP contribution in [0, 0.1) is 5.92 Å². The van der Waals surface area contributed by atoms with E-state index >= 15 is 0 Å². The first-order chi connectivity index (χ1) is 12.2. The Balaban J connectivity index is 1.79. The fraction of sp³-hybridized carbons (Fsp3) is 0.625. The highest BCUT2D eigenvalue weighted by atomic mass is 35.5. The molecule has 146 valence electrons. The van der Waals surface area contributed by atoms with Crippen molar-refractivity contribution in [2.24, 2.45) is 5.92 Å². The van der Waals surface area contributed by atoms with Crippen molar-refractivity contribution < 1.29 is 22.7 Å². The second-order valence-corrected chi connectivity index (χ2v) is 10.4. The van der Waals surface area contributed by atoms with E-state index in [1.54, 1.807) is 0 Å². The number of ether oxygens (including phenoxy) is 1. The fourth-order valence-corrected chi connectivity index (χ4v) is 5.64. The number of rotatable bonds is 7. The number of carbonyl (C=O) groups is 2. The van der Waals surface area contributed by atoms with Crippen LogP contribution in [-0.4, -0.2) is 50.8 Å². The molecule has 1 fully saturated rings. The summed E-state index contributed by atoms with van der Waals surface area (Å²) in [6.45, 7) is 1.19. The maximum Gasteiger partial charge on any atom is 0.321 e. The van der Waals surface area contributed by atoms with E-state index < -0.39 is 29.1 Å². The Morgan fingerprint density at radius 2 is 2.04 bits per heavy atom. The molecule has 1 aromatic rings. The topological polar surface area (TPSA) is 92.8 Å². The third-order valence-electron chi connectivity index (χ3n) is 4.39. The van der Waals surface area contributed by atoms with Crippen LogP contribution in [0.1, 0.15) is 32.6 Å². The molecule has 0 radical (unpaired) electrons. The van der Waals surface area contributed by atoms with Crippen molar-refractivity contribution in [2.45, 2.75) is 42.9 Å². The number of esters is 1. The van der Waals surface area contributed by atoms with Crippen LogP contribution in [-0.2, 0) is 24.3 Å². The van der Waals surface area contributed by atoms with Crippen molar-refractivity contribution in [3.8, 4) is 0 Å². The molecule has 1 saturated carbocycles. The van der Waals surface area contributed by atoms with Gasteiger partial charge in [-0.25, -0.2) is 8.42 Å². The van der Waals surface area contributed by atoms with Crippen molar-refractivity contribution >= 4 is 44.8 Å². The minimum Gasteiger partial charge on any atom is -0.455 e. The molecule has 0 saturated heterocycles. The van der Waals surface area contributed by atoms with Gasteiger partial charge in [-0.05, 0) is 30.9 Å². The molecule has 2 atom stereocenters. The van der Waals surface area contributed by atoms with Crippen LogP contribution in [0.3, 0.4) is 0 Å². The van der Waals surface area contributed by atoms with Gasteiger partial charge in [-0.15, -0.1) is 11.3 Å². The summed E-state index contributed by atoms with van der Waals surface area (Å²) in [7, 11) is -2.54. The molecule has 7 nitrogen and oxygen atoms in total. The van der Waals surface area contributed by atoms with E-state index in [2.05, 4.69) is 12.2 Å². The normalized spacial score (nSPS) is 20.8. The predicted molar refractivity (Wildman–Crippen MR) is 99.7 cm³/mol. The summed E-state index contributed by atoms with van der Waals surface area (Å²) in [5, 5.41) is 2.88. The summed E-state index contributed by atoms with van der Waals surface area (Å²) in [5.41, 5.74) is 0. The maximum atomic E-state index is 12.3. The quantitative estimate of drug-likeness (QED) is 0.680. The summed E-state index contributed by atoms with van der Waals surface area (Å²) in [6, 6.07) is 2.95. The first-order valence-corrected chi connectivity index (χ1v) is 11.0. The Bertz CT molecular complexity index is 750. The number of thiophene rings is 1. The van der Waals surface area contributed by atoms with Crippen molar-refractivity contribution in [1.82, 2.24) is 9.62 Å². The zero-order valence-electron chi connectivity index (χ0n) is 14.7. The number of likely N-dealkylation sites (N-methyl/N-ethyl adjacent to an activating group) is 1. The minimum atomic E-state index is -3.82. The lowest BCUT2D eigenvalue weighted by molar-refractivity contribution is -0.148. The Morgan fingerprint density at radius 3 is 2.65 bits per heavy atom. The number of sulfonamides is 1. The molecule has 0 spiro atoms. The molecule has 2 rings (SSSR count). The van der Waals surface area contributed by atoms with Crippen LogP contribution in [0.25, 0.3) is 0 Å². The highest BCUT2D eigenvalue weighted by molar-refractivity contribution is 7.91. The molecule has 0 aliphatic heterocycles. The summed E-state index contributed by atoms with van der Waals surface area (Å²) >= 11 is 6.66. The number of amides is 1. The molecule has 0 unspecified atom stereocenters. The number of nitrogens with one attached hydrogen (secondary N) is 1. The van der Waals surface area contributed by atoms with Crippen molar-refractivity contribution in [1.29, 1.82) is 0 Å². The molecular weight excluding hydrogens is 400 g/mol. The van der Waals surface area contributed by atoms with Crippen molar-refractivity contribution in [3.05, 3.63) is 16.5 Å². The Hall–Kier alpha value is -1.16. The molecule has 1 heterocycles. The second kappa shape index (κ2) is 9.16. The zero-order chi connectivity index (χ0) is 19.3. The molecule has 26 heavy (non-hydrogen) atoms. The van der Waals surface area contributed by atoms with E-state index in [1.165, 1.54) is 25.6 Å². The third kappa shape index (κ3) is 5.67. The van der Waals surface area contributed by atoms with Crippen molar-refractivity contribution in [3.63, 3.8) is 0 Å². The first-order valence-electron chi connectivity index (χ1n) is 8.37. The number of hydrogen-bond donors (Lipinski definition) is 1. The largest absolute Gasteiger partial charge is 0.455 e.